The van der Waals surface area contributed by atoms with Crippen molar-refractivity contribution in [2.45, 2.75) is 52.1 Å². The molecule has 1 aliphatic rings. The number of hydrogen-bond donors (Lipinski definition) is 1. The monoisotopic (exact) mass is 428 g/mol. The van der Waals surface area contributed by atoms with Crippen LogP contribution < -0.4 is 5.32 Å². The molecule has 7 heteroatoms. The number of hydrogen-bond acceptors (Lipinski definition) is 4. The van der Waals surface area contributed by atoms with E-state index in [1.165, 1.54) is 0 Å². The van der Waals surface area contributed by atoms with E-state index in [0.717, 1.165) is 52.1 Å². The Balaban J connectivity index is 1.54. The van der Waals surface area contributed by atoms with E-state index in [1.54, 1.807) is 4.68 Å². The van der Waals surface area contributed by atoms with Gasteiger partial charge in [0.1, 0.15) is 0 Å². The van der Waals surface area contributed by atoms with E-state index in [1.807, 2.05) is 63.0 Å². The molecule has 1 atom stereocenters. The largest absolute Gasteiger partial charge is 0.345 e. The van der Waals surface area contributed by atoms with Crippen LogP contribution >= 0.6 is 0 Å². The number of carbonyl (C=O) groups excluding carboxylic acids is 1. The van der Waals surface area contributed by atoms with Crippen LogP contribution in [-0.2, 0) is 13.6 Å². The minimum Gasteiger partial charge on any atom is -0.345 e. The molecular weight excluding hydrogens is 400 g/mol. The molecule has 3 heterocycles. The van der Waals surface area contributed by atoms with Crippen molar-refractivity contribution in [1.29, 1.82) is 0 Å². The van der Waals surface area contributed by atoms with Gasteiger partial charge in [-0.1, -0.05) is 30.3 Å². The zero-order chi connectivity index (χ0) is 22.4. The standard InChI is InChI=1S/C25H28N6O/c1-15(21-14-30(4)28-16(21)2)26-25(32)20-12-22(19-10-11-19)27-24-23(20)17(3)29-31(24)13-18-8-6-5-7-9-18/h5-9,12,14-15,19H,10-11,13H2,1-4H3,(H,26,32). The summed E-state index contributed by atoms with van der Waals surface area (Å²) in [7, 11) is 1.89. The van der Waals surface area contributed by atoms with Crippen LogP contribution in [0.1, 0.15) is 70.3 Å². The van der Waals surface area contributed by atoms with Gasteiger partial charge in [0.2, 0.25) is 0 Å². The molecule has 1 saturated carbocycles. The SMILES string of the molecule is Cc1nn(C)cc1C(C)NC(=O)c1cc(C2CC2)nc2c1c(C)nn2Cc1ccccc1. The number of benzene rings is 1. The Hall–Kier alpha value is -3.48. The normalized spacial score (nSPS) is 14.6. The lowest BCUT2D eigenvalue weighted by molar-refractivity contribution is 0.0941. The third kappa shape index (κ3) is 3.79. The molecule has 1 aliphatic carbocycles. The molecule has 1 fully saturated rings. The van der Waals surface area contributed by atoms with E-state index < -0.39 is 0 Å². The van der Waals surface area contributed by atoms with E-state index in [9.17, 15) is 4.79 Å². The van der Waals surface area contributed by atoms with Crippen LogP contribution in [0.5, 0.6) is 0 Å². The van der Waals surface area contributed by atoms with E-state index in [2.05, 4.69) is 22.5 Å². The highest BCUT2D eigenvalue weighted by Gasteiger charge is 2.29. The van der Waals surface area contributed by atoms with Crippen molar-refractivity contribution in [2.75, 3.05) is 0 Å². The van der Waals surface area contributed by atoms with Gasteiger partial charge in [-0.2, -0.15) is 10.2 Å². The molecule has 0 aliphatic heterocycles. The number of rotatable bonds is 6. The van der Waals surface area contributed by atoms with E-state index in [0.29, 0.717) is 18.0 Å². The molecule has 1 aromatic carbocycles. The lowest BCUT2D eigenvalue weighted by Gasteiger charge is -2.15. The maximum atomic E-state index is 13.5. The van der Waals surface area contributed by atoms with Crippen molar-refractivity contribution >= 4 is 16.9 Å². The minimum atomic E-state index is -0.150. The number of carbonyl (C=O) groups is 1. The maximum absolute atomic E-state index is 13.5. The minimum absolute atomic E-state index is 0.0996. The molecule has 0 spiro atoms. The fourth-order valence-electron chi connectivity index (χ4n) is 4.40. The van der Waals surface area contributed by atoms with Gasteiger partial charge in [0.25, 0.3) is 5.91 Å². The Morgan fingerprint density at radius 3 is 2.56 bits per heavy atom. The zero-order valence-electron chi connectivity index (χ0n) is 19.0. The fourth-order valence-corrected chi connectivity index (χ4v) is 4.40. The lowest BCUT2D eigenvalue weighted by atomic mass is 10.1. The first-order chi connectivity index (χ1) is 15.4. The molecule has 3 aromatic heterocycles. The zero-order valence-corrected chi connectivity index (χ0v) is 19.0. The van der Waals surface area contributed by atoms with Crippen molar-refractivity contribution in [1.82, 2.24) is 29.9 Å². The van der Waals surface area contributed by atoms with Crippen molar-refractivity contribution in [3.8, 4) is 0 Å². The fraction of sp³-hybridized carbons (Fsp3) is 0.360. The summed E-state index contributed by atoms with van der Waals surface area (Å²) in [5.74, 6) is 0.335. The molecule has 1 amide bonds. The summed E-state index contributed by atoms with van der Waals surface area (Å²) >= 11 is 0. The molecule has 0 bridgehead atoms. The molecule has 164 valence electrons. The number of nitrogens with zero attached hydrogens (tertiary/aromatic N) is 5. The Morgan fingerprint density at radius 2 is 1.91 bits per heavy atom. The summed E-state index contributed by atoms with van der Waals surface area (Å²) in [6.45, 7) is 6.53. The van der Waals surface area contributed by atoms with Crippen molar-refractivity contribution in [3.63, 3.8) is 0 Å². The van der Waals surface area contributed by atoms with Gasteiger partial charge in [-0.3, -0.25) is 9.48 Å². The van der Waals surface area contributed by atoms with Crippen LogP contribution in [0.3, 0.4) is 0 Å². The van der Waals surface area contributed by atoms with E-state index >= 15 is 0 Å². The molecule has 1 unspecified atom stereocenters. The summed E-state index contributed by atoms with van der Waals surface area (Å²) in [6, 6.07) is 12.0. The van der Waals surface area contributed by atoms with Gasteiger partial charge in [-0.15, -0.1) is 0 Å². The molecule has 32 heavy (non-hydrogen) atoms. The molecule has 7 nitrogen and oxygen atoms in total. The first kappa shape index (κ1) is 20.4. The Kier molecular flexibility index (Phi) is 5.04. The van der Waals surface area contributed by atoms with Gasteiger partial charge in [0.15, 0.2) is 5.65 Å². The third-order valence-electron chi connectivity index (χ3n) is 6.18. The Morgan fingerprint density at radius 1 is 1.16 bits per heavy atom. The van der Waals surface area contributed by atoms with Gasteiger partial charge in [-0.25, -0.2) is 9.67 Å². The molecule has 5 rings (SSSR count). The number of fused-ring (bicyclic) bond motifs is 1. The van der Waals surface area contributed by atoms with Crippen LogP contribution in [0, 0.1) is 13.8 Å². The van der Waals surface area contributed by atoms with Crippen molar-refractivity contribution in [2.24, 2.45) is 7.05 Å². The van der Waals surface area contributed by atoms with Crippen LogP contribution in [0.25, 0.3) is 11.0 Å². The van der Waals surface area contributed by atoms with Crippen molar-refractivity contribution in [3.05, 3.63) is 76.4 Å². The first-order valence-electron chi connectivity index (χ1n) is 11.1. The van der Waals surface area contributed by atoms with Crippen LogP contribution in [-0.4, -0.2) is 30.5 Å². The van der Waals surface area contributed by atoms with Gasteiger partial charge >= 0.3 is 0 Å². The highest BCUT2D eigenvalue weighted by atomic mass is 16.1. The molecular formula is C25H28N6O. The molecule has 4 aromatic rings. The molecule has 0 saturated heterocycles. The lowest BCUT2D eigenvalue weighted by Crippen LogP contribution is -2.27. The van der Waals surface area contributed by atoms with Crippen LogP contribution in [0.15, 0.2) is 42.6 Å². The predicted octanol–water partition coefficient (Wildman–Crippen LogP) is 4.20. The summed E-state index contributed by atoms with van der Waals surface area (Å²) in [4.78, 5) is 18.4. The van der Waals surface area contributed by atoms with Gasteiger partial charge in [0, 0.05) is 30.4 Å². The quantitative estimate of drug-likeness (QED) is 0.499. The number of nitrogens with one attached hydrogen (secondary N) is 1. The first-order valence-corrected chi connectivity index (χ1v) is 11.1. The highest BCUT2D eigenvalue weighted by molar-refractivity contribution is 6.06. The average Bonchev–Trinajstić information content (AvgIpc) is 3.50. The van der Waals surface area contributed by atoms with E-state index in [-0.39, 0.29) is 11.9 Å². The summed E-state index contributed by atoms with van der Waals surface area (Å²) < 4.78 is 3.71. The summed E-state index contributed by atoms with van der Waals surface area (Å²) in [5, 5.41) is 13.2. The van der Waals surface area contributed by atoms with Gasteiger partial charge in [0.05, 0.1) is 34.9 Å². The second-order valence-electron chi connectivity index (χ2n) is 8.83. The summed E-state index contributed by atoms with van der Waals surface area (Å²) in [5.41, 5.74) is 6.34. The van der Waals surface area contributed by atoms with Crippen LogP contribution in [0.2, 0.25) is 0 Å². The van der Waals surface area contributed by atoms with E-state index in [4.69, 9.17) is 10.1 Å². The number of pyridine rings is 1. The maximum Gasteiger partial charge on any atom is 0.252 e. The highest BCUT2D eigenvalue weighted by Crippen LogP contribution is 2.40. The van der Waals surface area contributed by atoms with Crippen LogP contribution in [0.4, 0.5) is 0 Å². The third-order valence-corrected chi connectivity index (χ3v) is 6.18. The van der Waals surface area contributed by atoms with Gasteiger partial charge in [-0.05, 0) is 45.2 Å². The predicted molar refractivity (Wildman–Crippen MR) is 124 cm³/mol. The number of aryl methyl sites for hydroxylation is 3. The second-order valence-corrected chi connectivity index (χ2v) is 8.83. The number of amides is 1. The topological polar surface area (TPSA) is 77.6 Å². The second kappa shape index (κ2) is 7.89. The number of aromatic nitrogens is 5. The molecule has 1 N–H and O–H groups in total. The summed E-state index contributed by atoms with van der Waals surface area (Å²) in [6.07, 6.45) is 4.20. The van der Waals surface area contributed by atoms with Gasteiger partial charge < -0.3 is 5.32 Å². The smallest absolute Gasteiger partial charge is 0.252 e. The Bertz CT molecular complexity index is 1300. The molecule has 0 radical (unpaired) electrons. The average molecular weight is 429 g/mol. The van der Waals surface area contributed by atoms with Crippen molar-refractivity contribution < 1.29 is 4.79 Å². The Labute approximate surface area is 187 Å².